The van der Waals surface area contributed by atoms with Crippen LogP contribution in [0.15, 0.2) is 29.3 Å². The van der Waals surface area contributed by atoms with Gasteiger partial charge in [0.2, 0.25) is 0 Å². The van der Waals surface area contributed by atoms with Crippen molar-refractivity contribution in [3.63, 3.8) is 0 Å². The molecular formula is C13H18BrN5. The fourth-order valence-corrected chi connectivity index (χ4v) is 2.88. The van der Waals surface area contributed by atoms with Crippen LogP contribution in [-0.4, -0.2) is 44.1 Å². The highest BCUT2D eigenvalue weighted by atomic mass is 79.9. The van der Waals surface area contributed by atoms with Gasteiger partial charge in [-0.2, -0.15) is 10.2 Å². The first-order valence-electron chi connectivity index (χ1n) is 6.62. The van der Waals surface area contributed by atoms with Gasteiger partial charge in [0, 0.05) is 32.0 Å². The van der Waals surface area contributed by atoms with Crippen molar-refractivity contribution < 1.29 is 0 Å². The molecule has 1 atom stereocenters. The molecule has 0 saturated carbocycles. The van der Waals surface area contributed by atoms with Crippen molar-refractivity contribution in [1.29, 1.82) is 0 Å². The molecule has 0 bridgehead atoms. The zero-order valence-electron chi connectivity index (χ0n) is 11.0. The number of aromatic nitrogens is 4. The summed E-state index contributed by atoms with van der Waals surface area (Å²) in [5, 5.41) is 8.70. The van der Waals surface area contributed by atoms with Gasteiger partial charge in [0.25, 0.3) is 0 Å². The van der Waals surface area contributed by atoms with E-state index in [-0.39, 0.29) is 0 Å². The van der Waals surface area contributed by atoms with E-state index in [4.69, 9.17) is 0 Å². The van der Waals surface area contributed by atoms with Gasteiger partial charge in [-0.15, -0.1) is 0 Å². The summed E-state index contributed by atoms with van der Waals surface area (Å²) in [6.07, 6.45) is 9.10. The van der Waals surface area contributed by atoms with Crippen LogP contribution in [0.5, 0.6) is 0 Å². The number of aryl methyl sites for hydroxylation is 1. The van der Waals surface area contributed by atoms with Crippen LogP contribution in [0, 0.1) is 6.92 Å². The number of hydrogen-bond donors (Lipinski definition) is 0. The van der Waals surface area contributed by atoms with Crippen molar-refractivity contribution in [3.8, 4) is 0 Å². The van der Waals surface area contributed by atoms with Crippen LogP contribution >= 0.6 is 15.9 Å². The van der Waals surface area contributed by atoms with Crippen molar-refractivity contribution in [2.45, 2.75) is 25.9 Å². The van der Waals surface area contributed by atoms with Gasteiger partial charge in [-0.05, 0) is 34.8 Å². The maximum absolute atomic E-state index is 4.38. The van der Waals surface area contributed by atoms with Crippen molar-refractivity contribution >= 4 is 15.9 Å². The van der Waals surface area contributed by atoms with E-state index >= 15 is 0 Å². The Hall–Kier alpha value is -1.14. The third kappa shape index (κ3) is 3.06. The lowest BCUT2D eigenvalue weighted by Crippen LogP contribution is -2.26. The molecule has 3 rings (SSSR count). The lowest BCUT2D eigenvalue weighted by molar-refractivity contribution is 0.300. The Morgan fingerprint density at radius 3 is 2.84 bits per heavy atom. The average molecular weight is 324 g/mol. The molecule has 0 amide bonds. The van der Waals surface area contributed by atoms with E-state index in [1.165, 1.54) is 12.0 Å². The topological polar surface area (TPSA) is 38.9 Å². The Labute approximate surface area is 121 Å². The first-order valence-corrected chi connectivity index (χ1v) is 7.41. The Balaban J connectivity index is 1.52. The third-order valence-corrected chi connectivity index (χ3v) is 4.01. The van der Waals surface area contributed by atoms with Gasteiger partial charge in [-0.3, -0.25) is 14.3 Å². The summed E-state index contributed by atoms with van der Waals surface area (Å²) >= 11 is 3.45. The molecule has 2 aromatic heterocycles. The molecule has 0 spiro atoms. The van der Waals surface area contributed by atoms with Crippen molar-refractivity contribution in [1.82, 2.24) is 24.5 Å². The van der Waals surface area contributed by atoms with E-state index in [1.807, 2.05) is 17.1 Å². The van der Waals surface area contributed by atoms with Crippen LogP contribution in [0.1, 0.15) is 18.0 Å². The Kier molecular flexibility index (Phi) is 3.70. The third-order valence-electron chi connectivity index (χ3n) is 3.60. The molecule has 0 N–H and O–H groups in total. The quantitative estimate of drug-likeness (QED) is 0.865. The summed E-state index contributed by atoms with van der Waals surface area (Å²) in [5.41, 5.74) is 1.22. The first kappa shape index (κ1) is 12.9. The summed E-state index contributed by atoms with van der Waals surface area (Å²) in [6, 6.07) is 0.505. The molecule has 1 unspecified atom stereocenters. The van der Waals surface area contributed by atoms with Crippen LogP contribution in [0.25, 0.3) is 0 Å². The van der Waals surface area contributed by atoms with Crippen molar-refractivity contribution in [3.05, 3.63) is 34.8 Å². The number of likely N-dealkylation sites (tertiary alicyclic amines) is 1. The molecule has 6 heteroatoms. The minimum absolute atomic E-state index is 0.505. The second-order valence-corrected chi connectivity index (χ2v) is 6.08. The molecule has 102 valence electrons. The van der Waals surface area contributed by atoms with E-state index in [1.54, 1.807) is 0 Å². The number of hydrogen-bond acceptors (Lipinski definition) is 3. The summed E-state index contributed by atoms with van der Waals surface area (Å²) in [5.74, 6) is 0. The minimum atomic E-state index is 0.505. The molecule has 1 aliphatic rings. The van der Waals surface area contributed by atoms with E-state index in [2.05, 4.69) is 55.0 Å². The maximum atomic E-state index is 4.38. The van der Waals surface area contributed by atoms with Crippen LogP contribution in [0.2, 0.25) is 0 Å². The van der Waals surface area contributed by atoms with Crippen LogP contribution in [-0.2, 0) is 6.54 Å². The Morgan fingerprint density at radius 2 is 2.16 bits per heavy atom. The SMILES string of the molecule is Cc1cnn(CCN2CCC(n3cc(Br)cn3)C2)c1. The van der Waals surface area contributed by atoms with Crippen LogP contribution < -0.4 is 0 Å². The zero-order chi connectivity index (χ0) is 13.2. The monoisotopic (exact) mass is 323 g/mol. The Morgan fingerprint density at radius 1 is 1.26 bits per heavy atom. The standard InChI is InChI=1S/C13H18BrN5/c1-11-6-15-18(8-11)5-4-17-3-2-13(10-17)19-9-12(14)7-16-19/h6-9,13H,2-5,10H2,1H3. The lowest BCUT2D eigenvalue weighted by atomic mass is 10.3. The molecular weight excluding hydrogens is 306 g/mol. The molecule has 3 heterocycles. The van der Waals surface area contributed by atoms with Crippen LogP contribution in [0.3, 0.4) is 0 Å². The zero-order valence-corrected chi connectivity index (χ0v) is 12.6. The van der Waals surface area contributed by atoms with Crippen molar-refractivity contribution in [2.75, 3.05) is 19.6 Å². The molecule has 5 nitrogen and oxygen atoms in total. The average Bonchev–Trinajstić information content (AvgIpc) is 3.07. The predicted molar refractivity (Wildman–Crippen MR) is 77.0 cm³/mol. The summed E-state index contributed by atoms with van der Waals surface area (Å²) in [7, 11) is 0. The predicted octanol–water partition coefficient (Wildman–Crippen LogP) is 2.10. The van der Waals surface area contributed by atoms with Gasteiger partial charge >= 0.3 is 0 Å². The number of nitrogens with zero attached hydrogens (tertiary/aromatic N) is 5. The maximum Gasteiger partial charge on any atom is 0.0658 e. The van der Waals surface area contributed by atoms with E-state index in [9.17, 15) is 0 Å². The van der Waals surface area contributed by atoms with E-state index in [0.717, 1.165) is 30.7 Å². The van der Waals surface area contributed by atoms with E-state index < -0.39 is 0 Å². The molecule has 19 heavy (non-hydrogen) atoms. The summed E-state index contributed by atoms with van der Waals surface area (Å²) in [4.78, 5) is 2.48. The Bertz CT molecular complexity index is 547. The molecule has 1 fully saturated rings. The smallest absolute Gasteiger partial charge is 0.0658 e. The highest BCUT2D eigenvalue weighted by molar-refractivity contribution is 9.10. The normalized spacial score (nSPS) is 20.2. The van der Waals surface area contributed by atoms with E-state index in [0.29, 0.717) is 6.04 Å². The minimum Gasteiger partial charge on any atom is -0.299 e. The van der Waals surface area contributed by atoms with Gasteiger partial charge in [0.15, 0.2) is 0 Å². The largest absolute Gasteiger partial charge is 0.299 e. The second kappa shape index (κ2) is 5.46. The second-order valence-electron chi connectivity index (χ2n) is 5.16. The molecule has 2 aromatic rings. The van der Waals surface area contributed by atoms with Gasteiger partial charge < -0.3 is 0 Å². The highest BCUT2D eigenvalue weighted by Gasteiger charge is 2.24. The molecule has 1 aliphatic heterocycles. The van der Waals surface area contributed by atoms with Gasteiger partial charge in [0.05, 0.1) is 29.5 Å². The summed E-state index contributed by atoms with van der Waals surface area (Å²) in [6.45, 7) is 6.31. The number of rotatable bonds is 4. The fraction of sp³-hybridized carbons (Fsp3) is 0.538. The van der Waals surface area contributed by atoms with Crippen LogP contribution in [0.4, 0.5) is 0 Å². The number of halogens is 1. The van der Waals surface area contributed by atoms with Gasteiger partial charge in [-0.1, -0.05) is 0 Å². The van der Waals surface area contributed by atoms with Crippen molar-refractivity contribution in [2.24, 2.45) is 0 Å². The van der Waals surface area contributed by atoms with Gasteiger partial charge in [0.1, 0.15) is 0 Å². The van der Waals surface area contributed by atoms with Gasteiger partial charge in [-0.25, -0.2) is 0 Å². The first-order chi connectivity index (χ1) is 9.20. The molecule has 0 aromatic carbocycles. The highest BCUT2D eigenvalue weighted by Crippen LogP contribution is 2.22. The lowest BCUT2D eigenvalue weighted by Gasteiger charge is -2.16. The molecule has 0 radical (unpaired) electrons. The molecule has 1 saturated heterocycles. The summed E-state index contributed by atoms with van der Waals surface area (Å²) < 4.78 is 5.15. The fourth-order valence-electron chi connectivity index (χ4n) is 2.58. The molecule has 0 aliphatic carbocycles.